The maximum absolute atomic E-state index is 12.2. The minimum Gasteiger partial charge on any atom is -0.488 e. The molecule has 7 nitrogen and oxygen atoms in total. The first kappa shape index (κ1) is 16.2. The molecule has 2 aliphatic rings. The van der Waals surface area contributed by atoms with E-state index < -0.39 is 16.0 Å². The van der Waals surface area contributed by atoms with Gasteiger partial charge in [-0.05, 0) is 30.5 Å². The lowest BCUT2D eigenvalue weighted by Gasteiger charge is -2.38. The summed E-state index contributed by atoms with van der Waals surface area (Å²) < 4.78 is 36.8. The molecular weight excluding hydrogens is 322 g/mol. The van der Waals surface area contributed by atoms with Crippen LogP contribution >= 0.6 is 0 Å². The van der Waals surface area contributed by atoms with E-state index in [0.717, 1.165) is 6.42 Å². The van der Waals surface area contributed by atoms with E-state index in [-0.39, 0.29) is 23.3 Å². The van der Waals surface area contributed by atoms with Crippen molar-refractivity contribution in [3.05, 3.63) is 29.8 Å². The zero-order valence-electron chi connectivity index (χ0n) is 12.6. The minimum absolute atomic E-state index is 0.0761. The second-order valence-electron chi connectivity index (χ2n) is 5.90. The zero-order valence-corrected chi connectivity index (χ0v) is 13.4. The number of aromatic carboxylic acids is 1. The molecule has 0 saturated carbocycles. The van der Waals surface area contributed by atoms with Gasteiger partial charge in [-0.3, -0.25) is 0 Å². The Morgan fingerprint density at radius 2 is 2.17 bits per heavy atom. The van der Waals surface area contributed by atoms with Crippen molar-refractivity contribution in [3.8, 4) is 5.75 Å². The average molecular weight is 341 g/mol. The number of sulfonamides is 1. The van der Waals surface area contributed by atoms with E-state index in [2.05, 4.69) is 0 Å². The second kappa shape index (κ2) is 6.46. The first-order valence-electron chi connectivity index (χ1n) is 7.49. The van der Waals surface area contributed by atoms with E-state index in [9.17, 15) is 13.2 Å². The van der Waals surface area contributed by atoms with Crippen LogP contribution in [0.3, 0.4) is 0 Å². The molecule has 1 unspecified atom stereocenters. The van der Waals surface area contributed by atoms with E-state index in [1.807, 2.05) is 0 Å². The number of hydrogen-bond donors (Lipinski definition) is 1. The van der Waals surface area contributed by atoms with Crippen molar-refractivity contribution in [3.63, 3.8) is 0 Å². The predicted molar refractivity (Wildman–Crippen MR) is 82.1 cm³/mol. The molecule has 3 rings (SSSR count). The monoisotopic (exact) mass is 341 g/mol. The SMILES string of the molecule is O=C(O)c1cccc(OC2CN(S(=O)(=O)CC3CCOC3)C2)c1. The van der Waals surface area contributed by atoms with Crippen molar-refractivity contribution in [1.82, 2.24) is 4.31 Å². The molecule has 0 aliphatic carbocycles. The highest BCUT2D eigenvalue weighted by Gasteiger charge is 2.38. The summed E-state index contributed by atoms with van der Waals surface area (Å²) >= 11 is 0. The van der Waals surface area contributed by atoms with Gasteiger partial charge < -0.3 is 14.6 Å². The predicted octanol–water partition coefficient (Wildman–Crippen LogP) is 0.814. The fraction of sp³-hybridized carbons (Fsp3) is 0.533. The fourth-order valence-electron chi connectivity index (χ4n) is 2.72. The van der Waals surface area contributed by atoms with Gasteiger partial charge in [0.2, 0.25) is 10.0 Å². The summed E-state index contributed by atoms with van der Waals surface area (Å²) in [4.78, 5) is 10.9. The van der Waals surface area contributed by atoms with E-state index in [1.54, 1.807) is 12.1 Å². The van der Waals surface area contributed by atoms with Gasteiger partial charge in [-0.1, -0.05) is 6.07 Å². The summed E-state index contributed by atoms with van der Waals surface area (Å²) in [5.74, 6) is -0.385. The molecule has 1 aromatic carbocycles. The third kappa shape index (κ3) is 3.82. The van der Waals surface area contributed by atoms with Gasteiger partial charge in [-0.15, -0.1) is 0 Å². The van der Waals surface area contributed by atoms with Crippen molar-refractivity contribution in [1.29, 1.82) is 0 Å². The van der Waals surface area contributed by atoms with Crippen LogP contribution in [0.1, 0.15) is 16.8 Å². The van der Waals surface area contributed by atoms with Gasteiger partial charge in [-0.2, -0.15) is 4.31 Å². The maximum atomic E-state index is 12.2. The van der Waals surface area contributed by atoms with Crippen LogP contribution in [0.4, 0.5) is 0 Å². The molecule has 2 heterocycles. The Bertz CT molecular complexity index is 677. The third-order valence-corrected chi connectivity index (χ3v) is 6.04. The average Bonchev–Trinajstić information content (AvgIpc) is 2.94. The number of carboxylic acids is 1. The number of hydrogen-bond acceptors (Lipinski definition) is 5. The number of benzene rings is 1. The third-order valence-electron chi connectivity index (χ3n) is 4.06. The van der Waals surface area contributed by atoms with Crippen molar-refractivity contribution >= 4 is 16.0 Å². The molecule has 0 bridgehead atoms. The van der Waals surface area contributed by atoms with Crippen molar-refractivity contribution < 1.29 is 27.8 Å². The Morgan fingerprint density at radius 3 is 2.83 bits per heavy atom. The first-order chi connectivity index (χ1) is 10.9. The van der Waals surface area contributed by atoms with Crippen molar-refractivity contribution in [2.75, 3.05) is 32.1 Å². The lowest BCUT2D eigenvalue weighted by Crippen LogP contribution is -2.57. The van der Waals surface area contributed by atoms with Crippen LogP contribution in [-0.4, -0.2) is 62.0 Å². The van der Waals surface area contributed by atoms with Gasteiger partial charge in [0, 0.05) is 6.61 Å². The smallest absolute Gasteiger partial charge is 0.335 e. The van der Waals surface area contributed by atoms with Gasteiger partial charge in [0.1, 0.15) is 11.9 Å². The second-order valence-corrected chi connectivity index (χ2v) is 7.91. The standard InChI is InChI=1S/C15H19NO6S/c17-15(18)12-2-1-3-13(6-12)22-14-7-16(8-14)23(19,20)10-11-4-5-21-9-11/h1-3,6,11,14H,4-5,7-10H2,(H,17,18). The molecule has 2 saturated heterocycles. The van der Waals surface area contributed by atoms with Gasteiger partial charge in [-0.25, -0.2) is 13.2 Å². The summed E-state index contributed by atoms with van der Waals surface area (Å²) in [6, 6.07) is 6.19. The van der Waals surface area contributed by atoms with Crippen LogP contribution < -0.4 is 4.74 Å². The number of ether oxygens (including phenoxy) is 2. The molecular formula is C15H19NO6S. The molecule has 0 amide bonds. The Labute approximate surface area is 134 Å². The van der Waals surface area contributed by atoms with E-state index >= 15 is 0 Å². The highest BCUT2D eigenvalue weighted by molar-refractivity contribution is 7.89. The molecule has 0 aromatic heterocycles. The molecule has 1 atom stereocenters. The number of rotatable bonds is 6. The largest absolute Gasteiger partial charge is 0.488 e. The van der Waals surface area contributed by atoms with Crippen LogP contribution in [0.2, 0.25) is 0 Å². The summed E-state index contributed by atoms with van der Waals surface area (Å²) in [7, 11) is -3.27. The molecule has 0 radical (unpaired) electrons. The van der Waals surface area contributed by atoms with E-state index in [4.69, 9.17) is 14.6 Å². The minimum atomic E-state index is -3.27. The summed E-state index contributed by atoms with van der Waals surface area (Å²) in [5, 5.41) is 8.95. The Kier molecular flexibility index (Phi) is 4.56. The van der Waals surface area contributed by atoms with Gasteiger partial charge in [0.15, 0.2) is 0 Å². The topological polar surface area (TPSA) is 93.1 Å². The van der Waals surface area contributed by atoms with Gasteiger partial charge in [0.25, 0.3) is 0 Å². The summed E-state index contributed by atoms with van der Waals surface area (Å²) in [5.41, 5.74) is 0.146. The summed E-state index contributed by atoms with van der Waals surface area (Å²) in [6.45, 7) is 1.74. The number of carboxylic acid groups (broad SMARTS) is 1. The highest BCUT2D eigenvalue weighted by Crippen LogP contribution is 2.24. The fourth-order valence-corrected chi connectivity index (χ4v) is 4.57. The molecule has 8 heteroatoms. The van der Waals surface area contributed by atoms with Crippen molar-refractivity contribution in [2.45, 2.75) is 12.5 Å². The van der Waals surface area contributed by atoms with Crippen LogP contribution in [0.15, 0.2) is 24.3 Å². The molecule has 1 aromatic rings. The molecule has 2 fully saturated rings. The van der Waals surface area contributed by atoms with Crippen LogP contribution in [0, 0.1) is 5.92 Å². The van der Waals surface area contributed by atoms with Gasteiger partial charge >= 0.3 is 5.97 Å². The molecule has 126 valence electrons. The normalized spacial score (nSPS) is 22.7. The number of nitrogens with zero attached hydrogens (tertiary/aromatic N) is 1. The molecule has 2 aliphatic heterocycles. The van der Waals surface area contributed by atoms with Crippen molar-refractivity contribution in [2.24, 2.45) is 5.92 Å². The molecule has 23 heavy (non-hydrogen) atoms. The van der Waals surface area contributed by atoms with Crippen LogP contribution in [-0.2, 0) is 14.8 Å². The van der Waals surface area contributed by atoms with Crippen LogP contribution in [0.25, 0.3) is 0 Å². The van der Waals surface area contributed by atoms with E-state index in [0.29, 0.717) is 32.1 Å². The number of carbonyl (C=O) groups is 1. The first-order valence-corrected chi connectivity index (χ1v) is 9.10. The van der Waals surface area contributed by atoms with Crippen LogP contribution in [0.5, 0.6) is 5.75 Å². The molecule has 0 spiro atoms. The lowest BCUT2D eigenvalue weighted by molar-refractivity contribution is 0.0687. The Balaban J connectivity index is 1.52. The Morgan fingerprint density at radius 1 is 1.39 bits per heavy atom. The Hall–Kier alpha value is -1.64. The summed E-state index contributed by atoms with van der Waals surface area (Å²) in [6.07, 6.45) is 0.545. The highest BCUT2D eigenvalue weighted by atomic mass is 32.2. The maximum Gasteiger partial charge on any atom is 0.335 e. The molecule has 1 N–H and O–H groups in total. The van der Waals surface area contributed by atoms with E-state index in [1.165, 1.54) is 16.4 Å². The van der Waals surface area contributed by atoms with Gasteiger partial charge in [0.05, 0.1) is 31.0 Å². The quantitative estimate of drug-likeness (QED) is 0.823. The zero-order chi connectivity index (χ0) is 16.4. The lowest BCUT2D eigenvalue weighted by atomic mass is 10.2.